The topological polar surface area (TPSA) is 0 Å². The first-order chi connectivity index (χ1) is 4.66. The van der Waals surface area contributed by atoms with E-state index < -0.39 is 0 Å². The van der Waals surface area contributed by atoms with Crippen LogP contribution in [0, 0.1) is 13.8 Å². The van der Waals surface area contributed by atoms with E-state index in [-0.39, 0.29) is 0 Å². The van der Waals surface area contributed by atoms with Gasteiger partial charge in [0.15, 0.2) is 0 Å². The zero-order valence-electron chi connectivity index (χ0n) is 6.07. The predicted octanol–water partition coefficient (Wildman–Crippen LogP) is 3.77. The van der Waals surface area contributed by atoms with Gasteiger partial charge in [-0.25, -0.2) is 0 Å². The van der Waals surface area contributed by atoms with Crippen molar-refractivity contribution in [3.63, 3.8) is 0 Å². The van der Waals surface area contributed by atoms with Crippen LogP contribution in [0.3, 0.4) is 0 Å². The second kappa shape index (κ2) is 2.89. The Morgan fingerprint density at radius 2 is 2.00 bits per heavy atom. The summed E-state index contributed by atoms with van der Waals surface area (Å²) in [5.74, 6) is 0. The Kier molecular flexibility index (Phi) is 2.32. The summed E-state index contributed by atoms with van der Waals surface area (Å²) in [6.45, 7) is 7.96. The van der Waals surface area contributed by atoms with Crippen LogP contribution in [0.5, 0.6) is 0 Å². The molecule has 1 aromatic rings. The van der Waals surface area contributed by atoms with Crippen LogP contribution in [0.25, 0.3) is 6.08 Å². The van der Waals surface area contributed by atoms with E-state index in [2.05, 4.69) is 36.4 Å². The van der Waals surface area contributed by atoms with Crippen molar-refractivity contribution in [3.05, 3.63) is 26.4 Å². The fourth-order valence-electron chi connectivity index (χ4n) is 0.907. The molecule has 0 aliphatic carbocycles. The molecule has 0 atom stereocenters. The monoisotopic (exact) mass is 216 g/mol. The summed E-state index contributed by atoms with van der Waals surface area (Å²) in [6.07, 6.45) is 1.89. The van der Waals surface area contributed by atoms with E-state index in [4.69, 9.17) is 0 Å². The summed E-state index contributed by atoms with van der Waals surface area (Å²) < 4.78 is 1.20. The Morgan fingerprint density at radius 1 is 1.40 bits per heavy atom. The third kappa shape index (κ3) is 1.18. The lowest BCUT2D eigenvalue weighted by Gasteiger charge is -1.89. The molecule has 0 saturated heterocycles. The smallest absolute Gasteiger partial charge is 0.0386 e. The summed E-state index contributed by atoms with van der Waals surface area (Å²) in [4.78, 5) is 2.66. The lowest BCUT2D eigenvalue weighted by Crippen LogP contribution is -1.69. The SMILES string of the molecule is C=Cc1c(C)sc(C)c1Br. The van der Waals surface area contributed by atoms with Gasteiger partial charge in [-0.15, -0.1) is 11.3 Å². The third-order valence-corrected chi connectivity index (χ3v) is 3.76. The standard InChI is InChI=1S/C8H9BrS/c1-4-7-5(2)10-6(3)8(7)9/h4H,1H2,2-3H3. The van der Waals surface area contributed by atoms with Gasteiger partial charge < -0.3 is 0 Å². The number of aryl methyl sites for hydroxylation is 2. The second-order valence-corrected chi connectivity index (χ2v) is 4.37. The quantitative estimate of drug-likeness (QED) is 0.671. The molecule has 0 aromatic carbocycles. The average molecular weight is 217 g/mol. The number of rotatable bonds is 1. The fraction of sp³-hybridized carbons (Fsp3) is 0.250. The van der Waals surface area contributed by atoms with Gasteiger partial charge in [-0.05, 0) is 29.8 Å². The van der Waals surface area contributed by atoms with Gasteiger partial charge in [-0.3, -0.25) is 0 Å². The van der Waals surface area contributed by atoms with Crippen molar-refractivity contribution in [3.8, 4) is 0 Å². The van der Waals surface area contributed by atoms with Crippen LogP contribution in [0.1, 0.15) is 15.3 Å². The number of hydrogen-bond acceptors (Lipinski definition) is 1. The molecule has 2 heteroatoms. The lowest BCUT2D eigenvalue weighted by atomic mass is 10.2. The van der Waals surface area contributed by atoms with Crippen molar-refractivity contribution >= 4 is 33.3 Å². The minimum Gasteiger partial charge on any atom is -0.144 e. The molecule has 0 N–H and O–H groups in total. The van der Waals surface area contributed by atoms with E-state index in [0.717, 1.165) is 0 Å². The van der Waals surface area contributed by atoms with Crippen LogP contribution in [0.15, 0.2) is 11.1 Å². The van der Waals surface area contributed by atoms with Crippen molar-refractivity contribution in [1.29, 1.82) is 0 Å². The van der Waals surface area contributed by atoms with Crippen LogP contribution < -0.4 is 0 Å². The van der Waals surface area contributed by atoms with Gasteiger partial charge in [0.25, 0.3) is 0 Å². The molecule has 0 amide bonds. The zero-order chi connectivity index (χ0) is 7.72. The molecule has 1 heterocycles. The van der Waals surface area contributed by atoms with E-state index in [0.29, 0.717) is 0 Å². The van der Waals surface area contributed by atoms with Crippen molar-refractivity contribution in [2.75, 3.05) is 0 Å². The Bertz CT molecular complexity index is 260. The van der Waals surface area contributed by atoms with Crippen molar-refractivity contribution in [2.24, 2.45) is 0 Å². The Balaban J connectivity index is 3.33. The highest BCUT2D eigenvalue weighted by Gasteiger charge is 2.05. The average Bonchev–Trinajstić information content (AvgIpc) is 2.09. The summed E-state index contributed by atoms with van der Waals surface area (Å²) in [5, 5.41) is 0. The van der Waals surface area contributed by atoms with Crippen molar-refractivity contribution in [2.45, 2.75) is 13.8 Å². The molecule has 0 bridgehead atoms. The first kappa shape index (κ1) is 8.02. The maximum absolute atomic E-state index is 3.74. The highest BCUT2D eigenvalue weighted by molar-refractivity contribution is 9.10. The van der Waals surface area contributed by atoms with Crippen LogP contribution >= 0.6 is 27.3 Å². The third-order valence-electron chi connectivity index (χ3n) is 1.44. The Labute approximate surface area is 73.7 Å². The molecule has 0 unspecified atom stereocenters. The summed E-state index contributed by atoms with van der Waals surface area (Å²) in [6, 6.07) is 0. The summed E-state index contributed by atoms with van der Waals surface area (Å²) >= 11 is 5.30. The second-order valence-electron chi connectivity index (χ2n) is 2.15. The van der Waals surface area contributed by atoms with Gasteiger partial charge in [0.1, 0.15) is 0 Å². The molecule has 0 fully saturated rings. The first-order valence-corrected chi connectivity index (χ1v) is 4.65. The molecule has 0 nitrogen and oxygen atoms in total. The molecule has 0 saturated carbocycles. The first-order valence-electron chi connectivity index (χ1n) is 3.04. The van der Waals surface area contributed by atoms with Crippen LogP contribution in [-0.4, -0.2) is 0 Å². The van der Waals surface area contributed by atoms with E-state index in [1.54, 1.807) is 11.3 Å². The summed E-state index contributed by atoms with van der Waals surface area (Å²) in [5.41, 5.74) is 1.24. The Hall–Kier alpha value is -0.0800. The molecule has 0 radical (unpaired) electrons. The molecule has 0 spiro atoms. The van der Waals surface area contributed by atoms with Crippen LogP contribution in [-0.2, 0) is 0 Å². The number of thiophene rings is 1. The number of halogens is 1. The predicted molar refractivity (Wildman–Crippen MR) is 51.6 cm³/mol. The van der Waals surface area contributed by atoms with Gasteiger partial charge in [0.05, 0.1) is 0 Å². The molecule has 54 valence electrons. The molecular weight excluding hydrogens is 208 g/mol. The molecule has 1 rings (SSSR count). The van der Waals surface area contributed by atoms with Crippen molar-refractivity contribution in [1.82, 2.24) is 0 Å². The van der Waals surface area contributed by atoms with Gasteiger partial charge in [-0.2, -0.15) is 0 Å². The molecule has 0 aliphatic rings. The normalized spacial score (nSPS) is 9.90. The van der Waals surface area contributed by atoms with Crippen LogP contribution in [0.4, 0.5) is 0 Å². The highest BCUT2D eigenvalue weighted by Crippen LogP contribution is 2.32. The zero-order valence-corrected chi connectivity index (χ0v) is 8.47. The van der Waals surface area contributed by atoms with Gasteiger partial charge >= 0.3 is 0 Å². The van der Waals surface area contributed by atoms with Gasteiger partial charge in [0.2, 0.25) is 0 Å². The molecule has 1 aromatic heterocycles. The van der Waals surface area contributed by atoms with E-state index in [9.17, 15) is 0 Å². The van der Waals surface area contributed by atoms with E-state index >= 15 is 0 Å². The fourth-order valence-corrected chi connectivity index (χ4v) is 2.69. The van der Waals surface area contributed by atoms with Gasteiger partial charge in [0, 0.05) is 19.8 Å². The maximum atomic E-state index is 3.74. The Morgan fingerprint density at radius 3 is 2.20 bits per heavy atom. The lowest BCUT2D eigenvalue weighted by molar-refractivity contribution is 1.53. The minimum absolute atomic E-state index is 1.20. The van der Waals surface area contributed by atoms with Crippen LogP contribution in [0.2, 0.25) is 0 Å². The summed E-state index contributed by atoms with van der Waals surface area (Å²) in [7, 11) is 0. The highest BCUT2D eigenvalue weighted by atomic mass is 79.9. The molecular formula is C8H9BrS. The number of hydrogen-bond donors (Lipinski definition) is 0. The minimum atomic E-state index is 1.20. The largest absolute Gasteiger partial charge is 0.144 e. The molecule has 0 aliphatic heterocycles. The molecule has 10 heavy (non-hydrogen) atoms. The van der Waals surface area contributed by atoms with E-state index in [1.807, 2.05) is 6.08 Å². The van der Waals surface area contributed by atoms with Crippen molar-refractivity contribution < 1.29 is 0 Å². The van der Waals surface area contributed by atoms with Gasteiger partial charge in [-0.1, -0.05) is 12.7 Å². The van der Waals surface area contributed by atoms with E-state index in [1.165, 1.54) is 19.8 Å². The maximum Gasteiger partial charge on any atom is 0.0386 e.